The van der Waals surface area contributed by atoms with Crippen LogP contribution in [0.2, 0.25) is 0 Å². The Morgan fingerprint density at radius 2 is 1.73 bits per heavy atom. The van der Waals surface area contributed by atoms with Gasteiger partial charge in [-0.15, -0.1) is 0 Å². The molecular formula is C22H25F2NO5. The molecule has 6 nitrogen and oxygen atoms in total. The molecule has 0 aliphatic heterocycles. The van der Waals surface area contributed by atoms with Gasteiger partial charge in [-0.05, 0) is 50.6 Å². The maximum atomic E-state index is 13.7. The Hall–Kier alpha value is -3.16. The van der Waals surface area contributed by atoms with Gasteiger partial charge in [-0.2, -0.15) is 0 Å². The lowest BCUT2D eigenvalue weighted by Crippen LogP contribution is -2.45. The molecule has 0 unspecified atom stereocenters. The van der Waals surface area contributed by atoms with Gasteiger partial charge >= 0.3 is 12.1 Å². The van der Waals surface area contributed by atoms with Gasteiger partial charge in [0.05, 0.1) is 7.11 Å². The number of benzene rings is 2. The second-order valence-corrected chi connectivity index (χ2v) is 7.59. The van der Waals surface area contributed by atoms with E-state index >= 15 is 0 Å². The summed E-state index contributed by atoms with van der Waals surface area (Å²) < 4.78 is 42.1. The lowest BCUT2D eigenvalue weighted by Gasteiger charge is -2.22. The number of hydrogen-bond donors (Lipinski definition) is 1. The zero-order valence-corrected chi connectivity index (χ0v) is 17.3. The van der Waals surface area contributed by atoms with Crippen molar-refractivity contribution in [3.05, 3.63) is 65.2 Å². The molecule has 2 aromatic carbocycles. The number of esters is 1. The molecular weight excluding hydrogens is 396 g/mol. The Labute approximate surface area is 174 Å². The number of rotatable bonds is 7. The smallest absolute Gasteiger partial charge is 0.408 e. The molecule has 0 aliphatic carbocycles. The van der Waals surface area contributed by atoms with Gasteiger partial charge in [0.15, 0.2) is 0 Å². The minimum atomic E-state index is -0.926. The minimum absolute atomic E-state index is 0.0591. The summed E-state index contributed by atoms with van der Waals surface area (Å²) >= 11 is 0. The Morgan fingerprint density at radius 1 is 1.07 bits per heavy atom. The zero-order valence-electron chi connectivity index (χ0n) is 17.3. The Bertz CT molecular complexity index is 878. The van der Waals surface area contributed by atoms with Crippen LogP contribution in [0, 0.1) is 11.6 Å². The minimum Gasteiger partial charge on any atom is -0.489 e. The molecule has 0 spiro atoms. The van der Waals surface area contributed by atoms with Crippen LogP contribution in [0.15, 0.2) is 42.5 Å². The molecule has 2 rings (SSSR count). The summed E-state index contributed by atoms with van der Waals surface area (Å²) in [6.07, 6.45) is -0.544. The molecule has 2 aromatic rings. The first-order chi connectivity index (χ1) is 14.1. The molecule has 30 heavy (non-hydrogen) atoms. The van der Waals surface area contributed by atoms with Gasteiger partial charge in [0.1, 0.15) is 35.6 Å². The molecule has 162 valence electrons. The first kappa shape index (κ1) is 23.1. The third kappa shape index (κ3) is 7.35. The van der Waals surface area contributed by atoms with Crippen LogP contribution < -0.4 is 10.1 Å². The van der Waals surface area contributed by atoms with E-state index in [-0.39, 0.29) is 18.6 Å². The molecule has 0 aromatic heterocycles. The molecule has 1 amide bonds. The highest BCUT2D eigenvalue weighted by atomic mass is 19.1. The second-order valence-electron chi connectivity index (χ2n) is 7.59. The van der Waals surface area contributed by atoms with Crippen molar-refractivity contribution < 1.29 is 32.6 Å². The molecule has 8 heteroatoms. The highest BCUT2D eigenvalue weighted by molar-refractivity contribution is 5.81. The van der Waals surface area contributed by atoms with E-state index in [9.17, 15) is 18.4 Å². The summed E-state index contributed by atoms with van der Waals surface area (Å²) in [7, 11) is 1.23. The fourth-order valence-electron chi connectivity index (χ4n) is 2.54. The van der Waals surface area contributed by atoms with Crippen molar-refractivity contribution in [1.29, 1.82) is 0 Å². The lowest BCUT2D eigenvalue weighted by molar-refractivity contribution is -0.143. The maximum absolute atomic E-state index is 13.7. The van der Waals surface area contributed by atoms with Crippen LogP contribution in [-0.4, -0.2) is 30.8 Å². The number of nitrogens with one attached hydrogen (secondary N) is 1. The summed E-state index contributed by atoms with van der Waals surface area (Å²) in [4.78, 5) is 24.0. The van der Waals surface area contributed by atoms with Crippen LogP contribution in [0.4, 0.5) is 13.6 Å². The van der Waals surface area contributed by atoms with Crippen LogP contribution in [0.5, 0.6) is 5.75 Å². The van der Waals surface area contributed by atoms with Crippen molar-refractivity contribution in [1.82, 2.24) is 5.32 Å². The molecule has 0 heterocycles. The maximum Gasteiger partial charge on any atom is 0.408 e. The molecule has 0 radical (unpaired) electrons. The predicted molar refractivity (Wildman–Crippen MR) is 106 cm³/mol. The number of carbonyl (C=O) groups excluding carboxylic acids is 2. The van der Waals surface area contributed by atoms with Gasteiger partial charge in [0.2, 0.25) is 0 Å². The van der Waals surface area contributed by atoms with Gasteiger partial charge in [0, 0.05) is 18.1 Å². The summed E-state index contributed by atoms with van der Waals surface area (Å²) in [5.74, 6) is -1.47. The van der Waals surface area contributed by atoms with Gasteiger partial charge in [-0.3, -0.25) is 0 Å². The van der Waals surface area contributed by atoms with Crippen molar-refractivity contribution in [2.45, 2.75) is 45.4 Å². The van der Waals surface area contributed by atoms with Gasteiger partial charge in [-0.25, -0.2) is 18.4 Å². The third-order valence-electron chi connectivity index (χ3n) is 3.95. The summed E-state index contributed by atoms with van der Waals surface area (Å²) in [5, 5.41) is 2.51. The average molecular weight is 421 g/mol. The molecule has 0 saturated carbocycles. The number of carbonyl (C=O) groups is 2. The van der Waals surface area contributed by atoms with E-state index in [1.165, 1.54) is 13.2 Å². The molecule has 0 bridgehead atoms. The second kappa shape index (κ2) is 10.0. The molecule has 1 atom stereocenters. The van der Waals surface area contributed by atoms with E-state index in [1.54, 1.807) is 45.0 Å². The largest absolute Gasteiger partial charge is 0.489 e. The molecule has 0 fully saturated rings. The van der Waals surface area contributed by atoms with E-state index in [0.717, 1.165) is 17.7 Å². The first-order valence-electron chi connectivity index (χ1n) is 9.30. The van der Waals surface area contributed by atoms with Gasteiger partial charge < -0.3 is 19.5 Å². The van der Waals surface area contributed by atoms with Crippen LogP contribution >= 0.6 is 0 Å². The predicted octanol–water partition coefficient (Wildman–Crippen LogP) is 4.15. The number of hydrogen-bond acceptors (Lipinski definition) is 5. The van der Waals surface area contributed by atoms with Crippen molar-refractivity contribution in [2.75, 3.05) is 7.11 Å². The Kier molecular flexibility index (Phi) is 7.74. The molecule has 0 aliphatic rings. The number of halogens is 2. The zero-order chi connectivity index (χ0) is 22.3. The van der Waals surface area contributed by atoms with E-state index in [2.05, 4.69) is 5.32 Å². The van der Waals surface area contributed by atoms with Crippen LogP contribution in [-0.2, 0) is 27.3 Å². The van der Waals surface area contributed by atoms with Crippen molar-refractivity contribution in [3.63, 3.8) is 0 Å². The Balaban J connectivity index is 1.98. The SMILES string of the molecule is COC(=O)[C@H](Cc1ccc(OCc2ccc(F)cc2F)cc1)NC(=O)OC(C)(C)C. The number of alkyl carbamates (subject to hydrolysis) is 1. The third-order valence-corrected chi connectivity index (χ3v) is 3.95. The fraction of sp³-hybridized carbons (Fsp3) is 0.364. The Morgan fingerprint density at radius 3 is 2.30 bits per heavy atom. The summed E-state index contributed by atoms with van der Waals surface area (Å²) in [6.45, 7) is 5.10. The lowest BCUT2D eigenvalue weighted by atomic mass is 10.1. The van der Waals surface area contributed by atoms with E-state index < -0.39 is 35.3 Å². The highest BCUT2D eigenvalue weighted by Gasteiger charge is 2.25. The molecule has 1 N–H and O–H groups in total. The standard InChI is InChI=1S/C22H25F2NO5/c1-22(2,3)30-21(27)25-19(20(26)28-4)11-14-5-9-17(10-6-14)29-13-15-7-8-16(23)12-18(15)24/h5-10,12,19H,11,13H2,1-4H3,(H,25,27)/t19-/m0/s1. The van der Waals surface area contributed by atoms with Gasteiger partial charge in [-0.1, -0.05) is 12.1 Å². The fourth-order valence-corrected chi connectivity index (χ4v) is 2.54. The monoisotopic (exact) mass is 421 g/mol. The van der Waals surface area contributed by atoms with Crippen LogP contribution in [0.25, 0.3) is 0 Å². The van der Waals surface area contributed by atoms with Crippen LogP contribution in [0.1, 0.15) is 31.9 Å². The summed E-state index contributed by atoms with van der Waals surface area (Å²) in [6, 6.07) is 9.08. The molecule has 0 saturated heterocycles. The normalized spacial score (nSPS) is 12.1. The summed E-state index contributed by atoms with van der Waals surface area (Å²) in [5.41, 5.74) is 0.267. The number of amides is 1. The van der Waals surface area contributed by atoms with Crippen molar-refractivity contribution in [2.24, 2.45) is 0 Å². The van der Waals surface area contributed by atoms with Crippen molar-refractivity contribution in [3.8, 4) is 5.75 Å². The number of ether oxygens (including phenoxy) is 3. The average Bonchev–Trinajstić information content (AvgIpc) is 2.66. The van der Waals surface area contributed by atoms with E-state index in [0.29, 0.717) is 5.75 Å². The van der Waals surface area contributed by atoms with Gasteiger partial charge in [0.25, 0.3) is 0 Å². The van der Waals surface area contributed by atoms with Crippen molar-refractivity contribution >= 4 is 12.1 Å². The quantitative estimate of drug-likeness (QED) is 0.680. The first-order valence-corrected chi connectivity index (χ1v) is 9.30. The van der Waals surface area contributed by atoms with Crippen LogP contribution in [0.3, 0.4) is 0 Å². The topological polar surface area (TPSA) is 73.9 Å². The number of methoxy groups -OCH3 is 1. The van der Waals surface area contributed by atoms with E-state index in [4.69, 9.17) is 14.2 Å². The highest BCUT2D eigenvalue weighted by Crippen LogP contribution is 2.17. The van der Waals surface area contributed by atoms with E-state index in [1.807, 2.05) is 0 Å².